The van der Waals surface area contributed by atoms with Crippen molar-refractivity contribution in [2.45, 2.75) is 62.4 Å². The van der Waals surface area contributed by atoms with Crippen molar-refractivity contribution < 1.29 is 18.9 Å². The zero-order valence-electron chi connectivity index (χ0n) is 18.6. The fourth-order valence-corrected chi connectivity index (χ4v) is 5.34. The first-order valence-corrected chi connectivity index (χ1v) is 11.8. The highest BCUT2D eigenvalue weighted by Crippen LogP contribution is 2.49. The molecule has 0 bridgehead atoms. The molecule has 4 aliphatic heterocycles. The Morgan fingerprint density at radius 3 is 1.88 bits per heavy atom. The molecule has 4 atom stereocenters. The molecule has 6 rings (SSSR count). The highest BCUT2D eigenvalue weighted by atomic mass is 16.6. The molecule has 4 saturated heterocycles. The van der Waals surface area contributed by atoms with Crippen molar-refractivity contribution in [1.82, 2.24) is 0 Å². The molecule has 6 nitrogen and oxygen atoms in total. The monoisotopic (exact) mass is 436 g/mol. The molecule has 0 amide bonds. The number of ether oxygens (including phenoxy) is 4. The van der Waals surface area contributed by atoms with Crippen LogP contribution >= 0.6 is 0 Å². The molecule has 4 N–H and O–H groups in total. The molecule has 2 aromatic carbocycles. The van der Waals surface area contributed by atoms with Crippen LogP contribution in [0.4, 0.5) is 11.4 Å². The van der Waals surface area contributed by atoms with Gasteiger partial charge in [-0.1, -0.05) is 18.2 Å². The zero-order chi connectivity index (χ0) is 21.9. The van der Waals surface area contributed by atoms with Gasteiger partial charge in [0.2, 0.25) is 0 Å². The standard InChI is InChI=1S/C26H32N2O4/c1-15-23(8-20-12-30-20)25(28)16(6-19-11-29-19)7-24(15)26(9-21-13-31-21,10-22-14-32-22)17-2-4-18(27)5-3-17/h2-5,7,19-22H,6,8-14,27-28H2,1H3. The quantitative estimate of drug-likeness (QED) is 0.439. The number of hydrogen-bond acceptors (Lipinski definition) is 6. The molecule has 4 aliphatic rings. The van der Waals surface area contributed by atoms with Gasteiger partial charge < -0.3 is 30.4 Å². The third-order valence-corrected chi connectivity index (χ3v) is 7.47. The summed E-state index contributed by atoms with van der Waals surface area (Å²) >= 11 is 0. The van der Waals surface area contributed by atoms with Crippen LogP contribution in [0.5, 0.6) is 0 Å². The van der Waals surface area contributed by atoms with Crippen molar-refractivity contribution >= 4 is 11.4 Å². The maximum Gasteiger partial charge on any atom is 0.0851 e. The zero-order valence-corrected chi connectivity index (χ0v) is 18.6. The average Bonchev–Trinajstić information content (AvgIpc) is 3.62. The topological polar surface area (TPSA) is 102 Å². The van der Waals surface area contributed by atoms with E-state index in [2.05, 4.69) is 25.1 Å². The molecule has 0 aromatic heterocycles. The predicted octanol–water partition coefficient (Wildman–Crippen LogP) is 2.91. The van der Waals surface area contributed by atoms with Gasteiger partial charge in [0.15, 0.2) is 0 Å². The molecule has 170 valence electrons. The number of benzene rings is 2. The van der Waals surface area contributed by atoms with Crippen LogP contribution in [0.1, 0.15) is 40.7 Å². The number of hydrogen-bond donors (Lipinski definition) is 2. The minimum absolute atomic E-state index is 0.216. The van der Waals surface area contributed by atoms with Crippen molar-refractivity contribution in [2.75, 3.05) is 37.9 Å². The van der Waals surface area contributed by atoms with Crippen molar-refractivity contribution in [3.05, 3.63) is 58.1 Å². The van der Waals surface area contributed by atoms with Crippen molar-refractivity contribution in [3.63, 3.8) is 0 Å². The van der Waals surface area contributed by atoms with Crippen molar-refractivity contribution in [2.24, 2.45) is 0 Å². The lowest BCUT2D eigenvalue weighted by molar-refractivity contribution is 0.299. The predicted molar refractivity (Wildman–Crippen MR) is 123 cm³/mol. The van der Waals surface area contributed by atoms with E-state index >= 15 is 0 Å². The van der Waals surface area contributed by atoms with E-state index in [9.17, 15) is 0 Å². The number of nitrogens with two attached hydrogens (primary N) is 2. The highest BCUT2D eigenvalue weighted by Gasteiger charge is 2.46. The lowest BCUT2D eigenvalue weighted by atomic mass is 9.66. The molecule has 0 radical (unpaired) electrons. The number of nitrogen functional groups attached to an aromatic ring is 2. The third-order valence-electron chi connectivity index (χ3n) is 7.47. The molecule has 6 heteroatoms. The molecule has 4 fully saturated rings. The Balaban J connectivity index is 1.53. The van der Waals surface area contributed by atoms with Gasteiger partial charge in [0, 0.05) is 29.6 Å². The summed E-state index contributed by atoms with van der Waals surface area (Å²) in [6.45, 7) is 5.51. The molecule has 4 heterocycles. The van der Waals surface area contributed by atoms with Gasteiger partial charge in [-0.15, -0.1) is 0 Å². The Hall–Kier alpha value is -2.12. The van der Waals surface area contributed by atoms with Crippen molar-refractivity contribution in [3.8, 4) is 0 Å². The molecule has 4 unspecified atom stereocenters. The van der Waals surface area contributed by atoms with Crippen LogP contribution in [-0.2, 0) is 37.2 Å². The van der Waals surface area contributed by atoms with Crippen molar-refractivity contribution in [1.29, 1.82) is 0 Å². The van der Waals surface area contributed by atoms with E-state index in [4.69, 9.17) is 30.4 Å². The largest absolute Gasteiger partial charge is 0.399 e. The number of anilines is 2. The second-order valence-corrected chi connectivity index (χ2v) is 9.94. The van der Waals surface area contributed by atoms with Crippen LogP contribution in [0.3, 0.4) is 0 Å². The molecule has 0 aliphatic carbocycles. The van der Waals surface area contributed by atoms with E-state index in [1.807, 2.05) is 12.1 Å². The van der Waals surface area contributed by atoms with Gasteiger partial charge in [-0.3, -0.25) is 0 Å². The minimum Gasteiger partial charge on any atom is -0.399 e. The SMILES string of the molecule is Cc1c(C(CC2CO2)(CC2CO2)c2ccc(N)cc2)cc(CC2CO2)c(N)c1CC1CO1. The first-order valence-electron chi connectivity index (χ1n) is 11.8. The third kappa shape index (κ3) is 4.13. The molecular weight excluding hydrogens is 404 g/mol. The lowest BCUT2D eigenvalue weighted by Gasteiger charge is -2.37. The summed E-state index contributed by atoms with van der Waals surface area (Å²) in [5.41, 5.74) is 20.6. The average molecular weight is 437 g/mol. The Morgan fingerprint density at radius 1 is 0.812 bits per heavy atom. The highest BCUT2D eigenvalue weighted by molar-refractivity contribution is 5.63. The van der Waals surface area contributed by atoms with Crippen LogP contribution in [0.25, 0.3) is 0 Å². The van der Waals surface area contributed by atoms with Crippen LogP contribution in [0.15, 0.2) is 30.3 Å². The first-order chi connectivity index (χ1) is 15.5. The van der Waals surface area contributed by atoms with Gasteiger partial charge in [0.1, 0.15) is 0 Å². The van der Waals surface area contributed by atoms with E-state index in [1.54, 1.807) is 0 Å². The Kier molecular flexibility index (Phi) is 4.95. The van der Waals surface area contributed by atoms with E-state index in [-0.39, 0.29) is 29.8 Å². The minimum atomic E-state index is -0.216. The fraction of sp³-hybridized carbons (Fsp3) is 0.538. The normalized spacial score (nSPS) is 29.4. The molecule has 32 heavy (non-hydrogen) atoms. The maximum atomic E-state index is 6.76. The van der Waals surface area contributed by atoms with Gasteiger partial charge in [-0.2, -0.15) is 0 Å². The summed E-state index contributed by atoms with van der Waals surface area (Å²) < 4.78 is 22.7. The molecular formula is C26H32N2O4. The Morgan fingerprint density at radius 2 is 1.34 bits per heavy atom. The smallest absolute Gasteiger partial charge is 0.0851 e. The Bertz CT molecular complexity index is 991. The molecule has 0 saturated carbocycles. The van der Waals surface area contributed by atoms with Crippen LogP contribution in [0.2, 0.25) is 0 Å². The summed E-state index contributed by atoms with van der Waals surface area (Å²) in [5.74, 6) is 0. The van der Waals surface area contributed by atoms with Gasteiger partial charge in [0.25, 0.3) is 0 Å². The lowest BCUT2D eigenvalue weighted by Crippen LogP contribution is -2.33. The van der Waals surface area contributed by atoms with Crippen LogP contribution in [-0.4, -0.2) is 50.8 Å². The first kappa shape index (κ1) is 20.5. The van der Waals surface area contributed by atoms with Gasteiger partial charge >= 0.3 is 0 Å². The summed E-state index contributed by atoms with van der Waals surface area (Å²) in [7, 11) is 0. The van der Waals surface area contributed by atoms with E-state index in [1.165, 1.54) is 27.8 Å². The second kappa shape index (κ2) is 7.73. The maximum absolute atomic E-state index is 6.76. The molecule has 2 aromatic rings. The second-order valence-electron chi connectivity index (χ2n) is 9.94. The van der Waals surface area contributed by atoms with Gasteiger partial charge in [-0.05, 0) is 59.7 Å². The van der Waals surface area contributed by atoms with Gasteiger partial charge in [0.05, 0.1) is 50.8 Å². The van der Waals surface area contributed by atoms with Crippen LogP contribution < -0.4 is 11.5 Å². The van der Waals surface area contributed by atoms with E-state index < -0.39 is 0 Å². The van der Waals surface area contributed by atoms with E-state index in [0.29, 0.717) is 0 Å². The number of epoxide rings is 4. The van der Waals surface area contributed by atoms with E-state index in [0.717, 1.165) is 63.5 Å². The van der Waals surface area contributed by atoms with Crippen LogP contribution in [0, 0.1) is 6.92 Å². The van der Waals surface area contributed by atoms with Gasteiger partial charge in [-0.25, -0.2) is 0 Å². The molecule has 0 spiro atoms. The summed E-state index contributed by atoms with van der Waals surface area (Å²) in [6, 6.07) is 10.7. The summed E-state index contributed by atoms with van der Waals surface area (Å²) in [5, 5.41) is 0. The number of rotatable bonds is 10. The summed E-state index contributed by atoms with van der Waals surface area (Å²) in [6.07, 6.45) is 4.68. The fourth-order valence-electron chi connectivity index (χ4n) is 5.34. The Labute approximate surface area is 189 Å². The summed E-state index contributed by atoms with van der Waals surface area (Å²) in [4.78, 5) is 0.